The number of nitrogens with zero attached hydrogens (tertiary/aromatic N) is 2. The zero-order valence-electron chi connectivity index (χ0n) is 14.5. The van der Waals surface area contributed by atoms with Gasteiger partial charge >= 0.3 is 0 Å². The number of aromatic nitrogens is 2. The second-order valence-corrected chi connectivity index (χ2v) is 6.00. The fraction of sp³-hybridized carbons (Fsp3) is 0.150. The summed E-state index contributed by atoms with van der Waals surface area (Å²) >= 11 is 0. The van der Waals surface area contributed by atoms with Crippen molar-refractivity contribution in [3.8, 4) is 0 Å². The Bertz CT molecular complexity index is 901. The summed E-state index contributed by atoms with van der Waals surface area (Å²) in [7, 11) is 0. The predicted molar refractivity (Wildman–Crippen MR) is 100 cm³/mol. The van der Waals surface area contributed by atoms with Gasteiger partial charge < -0.3 is 10.6 Å². The number of nitrogens with one attached hydrogen (secondary N) is 2. The van der Waals surface area contributed by atoms with Crippen LogP contribution >= 0.6 is 0 Å². The first-order valence-electron chi connectivity index (χ1n) is 8.07. The van der Waals surface area contributed by atoms with Gasteiger partial charge in [0.2, 0.25) is 5.95 Å². The van der Waals surface area contributed by atoms with Crippen LogP contribution in [0.3, 0.4) is 0 Å². The summed E-state index contributed by atoms with van der Waals surface area (Å²) in [5.41, 5.74) is 5.01. The first-order chi connectivity index (χ1) is 12.0. The third kappa shape index (κ3) is 4.41. The van der Waals surface area contributed by atoms with E-state index in [0.717, 1.165) is 22.6 Å². The molecule has 1 amide bonds. The molecule has 0 atom stereocenters. The Morgan fingerprint density at radius 1 is 0.840 bits per heavy atom. The minimum Gasteiger partial charge on any atom is -0.324 e. The van der Waals surface area contributed by atoms with E-state index in [1.54, 1.807) is 6.07 Å². The van der Waals surface area contributed by atoms with Crippen LogP contribution in [0, 0.1) is 20.8 Å². The zero-order valence-corrected chi connectivity index (χ0v) is 14.5. The highest BCUT2D eigenvalue weighted by Gasteiger charge is 2.07. The minimum absolute atomic E-state index is 0.136. The molecule has 0 spiro atoms. The van der Waals surface area contributed by atoms with E-state index in [1.807, 2.05) is 69.3 Å². The molecule has 1 heterocycles. The van der Waals surface area contributed by atoms with E-state index in [1.165, 1.54) is 0 Å². The van der Waals surface area contributed by atoms with Gasteiger partial charge in [-0.05, 0) is 57.2 Å². The third-order valence-electron chi connectivity index (χ3n) is 3.64. The quantitative estimate of drug-likeness (QED) is 0.743. The standard InChI is InChI=1S/C20H20N4O/c1-13-6-4-7-16(10-13)19(25)23-17-8-5-9-18(12-17)24-20-21-14(2)11-15(3)22-20/h4-12H,1-3H3,(H,23,25)(H,21,22,24). The SMILES string of the molecule is Cc1cccc(C(=O)Nc2cccc(Nc3nc(C)cc(C)n3)c2)c1. The molecule has 3 rings (SSSR count). The van der Waals surface area contributed by atoms with Gasteiger partial charge in [-0.15, -0.1) is 0 Å². The van der Waals surface area contributed by atoms with Crippen LogP contribution in [-0.2, 0) is 0 Å². The molecule has 0 aliphatic heterocycles. The maximum atomic E-state index is 12.4. The highest BCUT2D eigenvalue weighted by molar-refractivity contribution is 6.04. The van der Waals surface area contributed by atoms with E-state index in [4.69, 9.17) is 0 Å². The van der Waals surface area contributed by atoms with Crippen molar-refractivity contribution < 1.29 is 4.79 Å². The molecule has 126 valence electrons. The fourth-order valence-corrected chi connectivity index (χ4v) is 2.58. The van der Waals surface area contributed by atoms with E-state index < -0.39 is 0 Å². The molecule has 0 saturated heterocycles. The van der Waals surface area contributed by atoms with Crippen molar-refractivity contribution >= 4 is 23.2 Å². The predicted octanol–water partition coefficient (Wildman–Crippen LogP) is 4.40. The summed E-state index contributed by atoms with van der Waals surface area (Å²) in [5.74, 6) is 0.406. The average molecular weight is 332 g/mol. The summed E-state index contributed by atoms with van der Waals surface area (Å²) in [6.07, 6.45) is 0. The molecular formula is C20H20N4O. The molecule has 0 unspecified atom stereocenters. The molecule has 0 bridgehead atoms. The molecule has 0 radical (unpaired) electrons. The zero-order chi connectivity index (χ0) is 17.8. The molecule has 5 heteroatoms. The van der Waals surface area contributed by atoms with E-state index in [2.05, 4.69) is 20.6 Å². The summed E-state index contributed by atoms with van der Waals surface area (Å²) in [6.45, 7) is 5.82. The highest BCUT2D eigenvalue weighted by atomic mass is 16.1. The lowest BCUT2D eigenvalue weighted by molar-refractivity contribution is 0.102. The van der Waals surface area contributed by atoms with Gasteiger partial charge in [-0.2, -0.15) is 0 Å². The monoisotopic (exact) mass is 332 g/mol. The Balaban J connectivity index is 1.76. The van der Waals surface area contributed by atoms with Crippen LogP contribution in [0.2, 0.25) is 0 Å². The van der Waals surface area contributed by atoms with Crippen LogP contribution in [0.5, 0.6) is 0 Å². The molecule has 0 aliphatic carbocycles. The Hall–Kier alpha value is -3.21. The normalized spacial score (nSPS) is 10.4. The van der Waals surface area contributed by atoms with Crippen molar-refractivity contribution in [1.82, 2.24) is 9.97 Å². The number of benzene rings is 2. The van der Waals surface area contributed by atoms with E-state index in [-0.39, 0.29) is 5.91 Å². The smallest absolute Gasteiger partial charge is 0.255 e. The number of aryl methyl sites for hydroxylation is 3. The Kier molecular flexibility index (Phi) is 4.75. The van der Waals surface area contributed by atoms with Gasteiger partial charge in [-0.3, -0.25) is 4.79 Å². The van der Waals surface area contributed by atoms with Gasteiger partial charge in [0.15, 0.2) is 0 Å². The molecule has 2 N–H and O–H groups in total. The molecular weight excluding hydrogens is 312 g/mol. The number of hydrogen-bond donors (Lipinski definition) is 2. The van der Waals surface area contributed by atoms with Crippen LogP contribution in [0.1, 0.15) is 27.3 Å². The van der Waals surface area contributed by atoms with Gasteiger partial charge in [0.05, 0.1) is 0 Å². The Labute approximate surface area is 147 Å². The number of amides is 1. The van der Waals surface area contributed by atoms with Crippen LogP contribution in [0.15, 0.2) is 54.6 Å². The molecule has 2 aromatic carbocycles. The van der Waals surface area contributed by atoms with Gasteiger partial charge in [0, 0.05) is 28.3 Å². The fourth-order valence-electron chi connectivity index (χ4n) is 2.58. The molecule has 3 aromatic rings. The Morgan fingerprint density at radius 2 is 1.52 bits per heavy atom. The summed E-state index contributed by atoms with van der Waals surface area (Å²) < 4.78 is 0. The van der Waals surface area contributed by atoms with Gasteiger partial charge in [-0.25, -0.2) is 9.97 Å². The van der Waals surface area contributed by atoms with Crippen molar-refractivity contribution in [3.05, 3.63) is 77.1 Å². The maximum Gasteiger partial charge on any atom is 0.255 e. The highest BCUT2D eigenvalue weighted by Crippen LogP contribution is 2.19. The van der Waals surface area contributed by atoms with E-state index in [0.29, 0.717) is 17.2 Å². The lowest BCUT2D eigenvalue weighted by Crippen LogP contribution is -2.12. The largest absolute Gasteiger partial charge is 0.324 e. The van der Waals surface area contributed by atoms with Gasteiger partial charge in [-0.1, -0.05) is 23.8 Å². The minimum atomic E-state index is -0.136. The van der Waals surface area contributed by atoms with E-state index >= 15 is 0 Å². The maximum absolute atomic E-state index is 12.4. The van der Waals surface area contributed by atoms with Gasteiger partial charge in [0.1, 0.15) is 0 Å². The second-order valence-electron chi connectivity index (χ2n) is 6.00. The number of carbonyl (C=O) groups excluding carboxylic acids is 1. The summed E-state index contributed by atoms with van der Waals surface area (Å²) in [5, 5.41) is 6.09. The van der Waals surface area contributed by atoms with E-state index in [9.17, 15) is 4.79 Å². The molecule has 25 heavy (non-hydrogen) atoms. The Morgan fingerprint density at radius 3 is 2.24 bits per heavy atom. The number of anilines is 3. The number of hydrogen-bond acceptors (Lipinski definition) is 4. The third-order valence-corrected chi connectivity index (χ3v) is 3.64. The van der Waals surface area contributed by atoms with Crippen molar-refractivity contribution in [2.24, 2.45) is 0 Å². The lowest BCUT2D eigenvalue weighted by atomic mass is 10.1. The summed E-state index contributed by atoms with van der Waals surface area (Å²) in [4.78, 5) is 21.1. The van der Waals surface area contributed by atoms with Crippen molar-refractivity contribution in [1.29, 1.82) is 0 Å². The molecule has 0 fully saturated rings. The molecule has 1 aromatic heterocycles. The van der Waals surface area contributed by atoms with Crippen LogP contribution in [0.4, 0.5) is 17.3 Å². The topological polar surface area (TPSA) is 66.9 Å². The van der Waals surface area contributed by atoms with Crippen molar-refractivity contribution in [2.75, 3.05) is 10.6 Å². The van der Waals surface area contributed by atoms with Crippen molar-refractivity contribution in [3.63, 3.8) is 0 Å². The van der Waals surface area contributed by atoms with Gasteiger partial charge in [0.25, 0.3) is 5.91 Å². The van der Waals surface area contributed by atoms with Crippen LogP contribution in [0.25, 0.3) is 0 Å². The first kappa shape index (κ1) is 16.6. The van der Waals surface area contributed by atoms with Crippen molar-refractivity contribution in [2.45, 2.75) is 20.8 Å². The molecule has 0 saturated carbocycles. The summed E-state index contributed by atoms with van der Waals surface area (Å²) in [6, 6.07) is 16.9. The number of rotatable bonds is 4. The van der Waals surface area contributed by atoms with Crippen LogP contribution in [-0.4, -0.2) is 15.9 Å². The molecule has 5 nitrogen and oxygen atoms in total. The number of carbonyl (C=O) groups is 1. The first-order valence-corrected chi connectivity index (χ1v) is 8.07. The van der Waals surface area contributed by atoms with Crippen LogP contribution < -0.4 is 10.6 Å². The average Bonchev–Trinajstić information content (AvgIpc) is 2.54. The lowest BCUT2D eigenvalue weighted by Gasteiger charge is -2.10. The second kappa shape index (κ2) is 7.13. The molecule has 0 aliphatic rings.